The highest BCUT2D eigenvalue weighted by atomic mass is 19.1. The topological polar surface area (TPSA) is 142 Å². The number of anilines is 2. The monoisotopic (exact) mass is 508 g/mol. The van der Waals surface area contributed by atoms with E-state index in [1.165, 1.54) is 36.9 Å². The summed E-state index contributed by atoms with van der Waals surface area (Å²) in [4.78, 5) is 35.7. The molecule has 0 unspecified atom stereocenters. The highest BCUT2D eigenvalue weighted by Crippen LogP contribution is 2.20. The van der Waals surface area contributed by atoms with Crippen molar-refractivity contribution in [2.75, 3.05) is 11.1 Å². The Morgan fingerprint density at radius 1 is 0.838 bits per heavy atom. The molecule has 1 amide bonds. The van der Waals surface area contributed by atoms with Crippen LogP contribution in [-0.2, 0) is 4.74 Å². The molecule has 192 valence electrons. The molecular formula is C25H26F2N8O2. The van der Waals surface area contributed by atoms with Crippen LogP contribution in [-0.4, -0.2) is 41.6 Å². The third-order valence-electron chi connectivity index (χ3n) is 4.56. The molecule has 0 aliphatic carbocycles. The van der Waals surface area contributed by atoms with Crippen molar-refractivity contribution in [3.05, 3.63) is 72.3 Å². The minimum atomic E-state index is -0.591. The summed E-state index contributed by atoms with van der Waals surface area (Å²) in [5.74, 6) is -0.117. The van der Waals surface area contributed by atoms with Crippen molar-refractivity contribution in [3.8, 4) is 22.8 Å². The molecule has 0 aliphatic rings. The number of pyridine rings is 2. The molecule has 0 aliphatic heterocycles. The summed E-state index contributed by atoms with van der Waals surface area (Å²) in [5, 5.41) is 2.58. The number of nitrogens with two attached hydrogens (primary N) is 1. The van der Waals surface area contributed by atoms with Crippen LogP contribution in [0.25, 0.3) is 22.8 Å². The van der Waals surface area contributed by atoms with Crippen molar-refractivity contribution in [1.29, 1.82) is 0 Å². The van der Waals surface area contributed by atoms with Gasteiger partial charge in [-0.2, -0.15) is 0 Å². The quantitative estimate of drug-likeness (QED) is 0.395. The summed E-state index contributed by atoms with van der Waals surface area (Å²) in [6, 6.07) is 2.63. The zero-order valence-corrected chi connectivity index (χ0v) is 21.0. The van der Waals surface area contributed by atoms with Crippen LogP contribution in [0.5, 0.6) is 0 Å². The third kappa shape index (κ3) is 7.95. The van der Waals surface area contributed by atoms with Gasteiger partial charge in [-0.05, 0) is 46.8 Å². The Balaban J connectivity index is 0.000000220. The second-order valence-electron chi connectivity index (χ2n) is 8.84. The highest BCUT2D eigenvalue weighted by Gasteiger charge is 2.17. The maximum atomic E-state index is 13.2. The van der Waals surface area contributed by atoms with E-state index in [1.807, 2.05) is 0 Å². The fourth-order valence-electron chi connectivity index (χ4n) is 2.83. The second kappa shape index (κ2) is 11.4. The minimum absolute atomic E-state index is 0.333. The van der Waals surface area contributed by atoms with Gasteiger partial charge >= 0.3 is 6.09 Å². The predicted molar refractivity (Wildman–Crippen MR) is 134 cm³/mol. The van der Waals surface area contributed by atoms with E-state index in [1.54, 1.807) is 34.6 Å². The molecule has 0 aromatic carbocycles. The van der Waals surface area contributed by atoms with E-state index in [2.05, 4.69) is 35.2 Å². The van der Waals surface area contributed by atoms with Crippen LogP contribution in [0.4, 0.5) is 25.0 Å². The molecule has 4 heterocycles. The van der Waals surface area contributed by atoms with Crippen LogP contribution < -0.4 is 11.1 Å². The number of hydrogen-bond acceptors (Lipinski definition) is 9. The Labute approximate surface area is 212 Å². The molecule has 0 spiro atoms. The lowest BCUT2D eigenvalue weighted by Crippen LogP contribution is -2.27. The molecule has 4 rings (SSSR count). The number of nitrogens with zero attached hydrogens (tertiary/aromatic N) is 6. The number of carbonyl (C=O) groups is 1. The smallest absolute Gasteiger partial charge is 0.412 e. The van der Waals surface area contributed by atoms with Gasteiger partial charge in [0.15, 0.2) is 11.6 Å². The Morgan fingerprint density at radius 2 is 1.35 bits per heavy atom. The van der Waals surface area contributed by atoms with Gasteiger partial charge in [-0.1, -0.05) is 0 Å². The second-order valence-corrected chi connectivity index (χ2v) is 8.84. The average molecular weight is 509 g/mol. The van der Waals surface area contributed by atoms with Gasteiger partial charge in [0, 0.05) is 23.5 Å². The summed E-state index contributed by atoms with van der Waals surface area (Å²) < 4.78 is 31.2. The van der Waals surface area contributed by atoms with Crippen LogP contribution in [0.1, 0.15) is 32.2 Å². The first kappa shape index (κ1) is 27.0. The standard InChI is InChI=1S/C15H17FN4O2.C10H9FN4/c1-9-12(20-14(21)22-15(2,3)4)8-18-13(19-9)10-5-11(16)7-17-6-10;1-6-9(12)5-14-10(15-6)7-2-8(11)4-13-3-7/h5-8H,1-4H3,(H,20,21);2-5H,12H2,1H3. The molecule has 0 bridgehead atoms. The predicted octanol–water partition coefficient (Wildman–Crippen LogP) is 4.90. The van der Waals surface area contributed by atoms with Crippen LogP contribution in [0, 0.1) is 25.5 Å². The van der Waals surface area contributed by atoms with Crippen LogP contribution in [0.15, 0.2) is 49.3 Å². The number of rotatable bonds is 3. The van der Waals surface area contributed by atoms with Crippen LogP contribution >= 0.6 is 0 Å². The van der Waals surface area contributed by atoms with E-state index in [0.29, 0.717) is 45.5 Å². The molecule has 3 N–H and O–H groups in total. The van der Waals surface area contributed by atoms with Crippen molar-refractivity contribution in [3.63, 3.8) is 0 Å². The van der Waals surface area contributed by atoms with Crippen LogP contribution in [0.3, 0.4) is 0 Å². The van der Waals surface area contributed by atoms with E-state index in [0.717, 1.165) is 12.4 Å². The van der Waals surface area contributed by atoms with E-state index in [9.17, 15) is 13.6 Å². The molecule has 0 atom stereocenters. The molecule has 4 aromatic rings. The maximum Gasteiger partial charge on any atom is 0.412 e. The molecule has 0 saturated carbocycles. The molecule has 0 saturated heterocycles. The van der Waals surface area contributed by atoms with Gasteiger partial charge in [0.1, 0.15) is 17.2 Å². The lowest BCUT2D eigenvalue weighted by atomic mass is 10.2. The number of nitrogens with one attached hydrogen (secondary N) is 1. The van der Waals surface area contributed by atoms with E-state index >= 15 is 0 Å². The molecule has 12 heteroatoms. The van der Waals surface area contributed by atoms with Crippen molar-refractivity contribution in [2.24, 2.45) is 0 Å². The van der Waals surface area contributed by atoms with Crippen molar-refractivity contribution in [2.45, 2.75) is 40.2 Å². The van der Waals surface area contributed by atoms with E-state index in [4.69, 9.17) is 10.5 Å². The van der Waals surface area contributed by atoms with Gasteiger partial charge in [-0.25, -0.2) is 33.5 Å². The Hall–Kier alpha value is -4.61. The number of amides is 1. The van der Waals surface area contributed by atoms with Crippen molar-refractivity contribution in [1.82, 2.24) is 29.9 Å². The zero-order chi connectivity index (χ0) is 27.2. The first-order valence-electron chi connectivity index (χ1n) is 11.1. The summed E-state index contributed by atoms with van der Waals surface area (Å²) in [6.07, 6.45) is 7.59. The molecule has 0 radical (unpaired) electrons. The number of carbonyl (C=O) groups excluding carboxylic acids is 1. The maximum absolute atomic E-state index is 13.2. The van der Waals surface area contributed by atoms with Gasteiger partial charge in [-0.3, -0.25) is 15.3 Å². The summed E-state index contributed by atoms with van der Waals surface area (Å²) in [5.41, 5.74) is 8.16. The zero-order valence-electron chi connectivity index (χ0n) is 21.0. The van der Waals surface area contributed by atoms with E-state index < -0.39 is 23.3 Å². The number of ether oxygens (including phenoxy) is 1. The fourth-order valence-corrected chi connectivity index (χ4v) is 2.83. The Kier molecular flexibility index (Phi) is 8.33. The lowest BCUT2D eigenvalue weighted by Gasteiger charge is -2.20. The third-order valence-corrected chi connectivity index (χ3v) is 4.56. The first-order valence-corrected chi connectivity index (χ1v) is 11.1. The number of nitrogen functional groups attached to an aromatic ring is 1. The summed E-state index contributed by atoms with van der Waals surface area (Å²) in [6.45, 7) is 8.81. The molecule has 37 heavy (non-hydrogen) atoms. The molecule has 10 nitrogen and oxygen atoms in total. The van der Waals surface area contributed by atoms with Gasteiger partial charge in [-0.15, -0.1) is 0 Å². The van der Waals surface area contributed by atoms with Gasteiger partial charge in [0.05, 0.1) is 47.6 Å². The Morgan fingerprint density at radius 3 is 1.81 bits per heavy atom. The molecular weight excluding hydrogens is 482 g/mol. The largest absolute Gasteiger partial charge is 0.444 e. The van der Waals surface area contributed by atoms with E-state index in [-0.39, 0.29) is 0 Å². The normalized spacial score (nSPS) is 10.8. The highest BCUT2D eigenvalue weighted by molar-refractivity contribution is 5.85. The lowest BCUT2D eigenvalue weighted by molar-refractivity contribution is 0.0635. The van der Waals surface area contributed by atoms with Gasteiger partial charge in [0.2, 0.25) is 0 Å². The Bertz CT molecular complexity index is 1410. The molecule has 4 aromatic heterocycles. The summed E-state index contributed by atoms with van der Waals surface area (Å²) >= 11 is 0. The number of halogens is 2. The summed E-state index contributed by atoms with van der Waals surface area (Å²) in [7, 11) is 0. The van der Waals surface area contributed by atoms with Gasteiger partial charge in [0.25, 0.3) is 0 Å². The first-order chi connectivity index (χ1) is 17.4. The van der Waals surface area contributed by atoms with Crippen molar-refractivity contribution < 1.29 is 18.3 Å². The van der Waals surface area contributed by atoms with Crippen molar-refractivity contribution >= 4 is 17.5 Å². The molecule has 0 fully saturated rings. The fraction of sp³-hybridized carbons (Fsp3) is 0.240. The number of aryl methyl sites for hydroxylation is 2. The SMILES string of the molecule is Cc1nc(-c2cncc(F)c2)ncc1N.Cc1nc(-c2cncc(F)c2)ncc1NC(=O)OC(C)(C)C. The average Bonchev–Trinajstić information content (AvgIpc) is 2.81. The van der Waals surface area contributed by atoms with Gasteiger partial charge < -0.3 is 10.5 Å². The number of hydrogen-bond donors (Lipinski definition) is 2. The minimum Gasteiger partial charge on any atom is -0.444 e. The number of aromatic nitrogens is 6. The van der Waals surface area contributed by atoms with Crippen LogP contribution in [0.2, 0.25) is 0 Å².